The van der Waals surface area contributed by atoms with Gasteiger partial charge in [0.05, 0.1) is 0 Å². The molecule has 1 aromatic heterocycles. The van der Waals surface area contributed by atoms with E-state index in [1.165, 1.54) is 40.7 Å². The van der Waals surface area contributed by atoms with Crippen LogP contribution in [0.25, 0.3) is 0 Å². The molecule has 0 saturated carbocycles. The van der Waals surface area contributed by atoms with Gasteiger partial charge in [-0.1, -0.05) is 0 Å². The molecule has 2 aromatic rings. The van der Waals surface area contributed by atoms with Gasteiger partial charge in [0.15, 0.2) is 0 Å². The van der Waals surface area contributed by atoms with E-state index in [9.17, 15) is 4.79 Å². The van der Waals surface area contributed by atoms with Gasteiger partial charge in [-0.05, 0) is 0 Å². The normalized spacial score (nSPS) is 16.9. The first-order chi connectivity index (χ1) is 12.2. The molecule has 1 aliphatic carbocycles. The van der Waals surface area contributed by atoms with Crippen molar-refractivity contribution in [2.75, 3.05) is 0 Å². The van der Waals surface area contributed by atoms with Crippen molar-refractivity contribution in [3.8, 4) is 10.7 Å². The molecule has 0 fully saturated rings. The van der Waals surface area contributed by atoms with Gasteiger partial charge in [0.2, 0.25) is 0 Å². The molecule has 0 unspecified atom stereocenters. The number of benzene rings is 1. The summed E-state index contributed by atoms with van der Waals surface area (Å²) < 4.78 is 1.28. The van der Waals surface area contributed by atoms with Crippen LogP contribution >= 0.6 is 0 Å². The Bertz CT molecular complexity index is 902. The van der Waals surface area contributed by atoms with Crippen molar-refractivity contribution in [2.45, 2.75) is 51.4 Å². The number of hydrogen-bond acceptors (Lipinski definition) is 2. The van der Waals surface area contributed by atoms with Gasteiger partial charge in [-0.25, -0.2) is 0 Å². The summed E-state index contributed by atoms with van der Waals surface area (Å²) in [4.78, 5) is 18.0. The van der Waals surface area contributed by atoms with E-state index in [1.54, 1.807) is 6.07 Å². The molecular weight excluding hydrogens is 389 g/mol. The van der Waals surface area contributed by atoms with Gasteiger partial charge in [-0.15, -0.1) is 0 Å². The van der Waals surface area contributed by atoms with Crippen LogP contribution in [0.15, 0.2) is 36.5 Å². The van der Waals surface area contributed by atoms with Crippen molar-refractivity contribution >= 4 is 25.4 Å². The first-order valence-electron chi connectivity index (χ1n) is 8.71. The number of carbonyl (C=O) groups is 1. The van der Waals surface area contributed by atoms with E-state index in [0.29, 0.717) is 0 Å². The monoisotopic (exact) mass is 413 g/mol. The molecule has 1 aromatic carbocycles. The predicted octanol–water partition coefficient (Wildman–Crippen LogP) is 3.47. The van der Waals surface area contributed by atoms with Crippen molar-refractivity contribution in [3.63, 3.8) is 0 Å². The molecule has 1 heterocycles. The maximum atomic E-state index is 10.8. The Hall–Kier alpha value is -2.08. The Morgan fingerprint density at radius 2 is 1.77 bits per heavy atom. The minimum absolute atomic E-state index is 0.0422. The first-order valence-corrected chi connectivity index (χ1v) is 10.4. The summed E-state index contributed by atoms with van der Waals surface area (Å²) in [5.74, 6) is 2.08. The summed E-state index contributed by atoms with van der Waals surface area (Å²) in [6.07, 6.45) is 3.94. The van der Waals surface area contributed by atoms with Crippen LogP contribution in [0.1, 0.15) is 67.7 Å². The third-order valence-corrected chi connectivity index (χ3v) is 6.63. The number of fused-ring (bicyclic) bond motifs is 1. The summed E-state index contributed by atoms with van der Waals surface area (Å²) in [5, 5.41) is 8.88. The van der Waals surface area contributed by atoms with Gasteiger partial charge in [-0.3, -0.25) is 0 Å². The van der Waals surface area contributed by atoms with Crippen LogP contribution in [0, 0.1) is 10.7 Å². The summed E-state index contributed by atoms with van der Waals surface area (Å²) in [6.45, 7) is 9.33. The van der Waals surface area contributed by atoms with Crippen LogP contribution < -0.4 is 4.46 Å². The number of hydrogen-bond donors (Lipinski definition) is 1. The number of aromatic carboxylic acids is 1. The molecule has 0 atom stereocenters. The molecule has 134 valence electrons. The molecule has 0 amide bonds. The standard InChI is InChI=1S/C22H23NO2Se/c1-21(2)10-11-22(3,4)18-13-16(6-7-17(18)21)26-12-9-15-5-8-19(20(24)25)23-14-15/h5-8,13-14H,10-11H2,1-4H3,(H,24,25). The number of nitrogens with zero attached hydrogens (tertiary/aromatic N) is 1. The fraction of sp³-hybridized carbons (Fsp3) is 0.364. The van der Waals surface area contributed by atoms with E-state index in [2.05, 4.69) is 61.6 Å². The van der Waals surface area contributed by atoms with Crippen molar-refractivity contribution in [2.24, 2.45) is 0 Å². The topological polar surface area (TPSA) is 50.2 Å². The number of aromatic nitrogens is 1. The molecule has 1 N–H and O–H groups in total. The van der Waals surface area contributed by atoms with Crippen LogP contribution in [0.2, 0.25) is 0 Å². The van der Waals surface area contributed by atoms with Crippen LogP contribution in [-0.4, -0.2) is 31.0 Å². The molecular formula is C22H23NO2Se. The molecule has 0 saturated heterocycles. The fourth-order valence-corrected chi connectivity index (χ4v) is 4.63. The van der Waals surface area contributed by atoms with Gasteiger partial charge in [0.25, 0.3) is 0 Å². The molecule has 4 heteroatoms. The van der Waals surface area contributed by atoms with Crippen LogP contribution in [0.4, 0.5) is 0 Å². The molecule has 0 radical (unpaired) electrons. The van der Waals surface area contributed by atoms with E-state index in [1.807, 2.05) is 0 Å². The van der Waals surface area contributed by atoms with Gasteiger partial charge in [0.1, 0.15) is 0 Å². The van der Waals surface area contributed by atoms with Crippen LogP contribution in [0.5, 0.6) is 0 Å². The van der Waals surface area contributed by atoms with Crippen LogP contribution in [0.3, 0.4) is 0 Å². The first kappa shape index (κ1) is 18.7. The molecule has 0 bridgehead atoms. The second-order valence-electron chi connectivity index (χ2n) is 8.04. The Labute approximate surface area is 161 Å². The quantitative estimate of drug-likeness (QED) is 0.607. The molecule has 0 aliphatic heterocycles. The Balaban J connectivity index is 1.81. The van der Waals surface area contributed by atoms with Gasteiger partial charge in [0, 0.05) is 0 Å². The number of rotatable bonds is 2. The molecule has 0 spiro atoms. The van der Waals surface area contributed by atoms with E-state index in [-0.39, 0.29) is 31.5 Å². The van der Waals surface area contributed by atoms with Gasteiger partial charge >= 0.3 is 161 Å². The average molecular weight is 412 g/mol. The zero-order valence-electron chi connectivity index (χ0n) is 15.6. The van der Waals surface area contributed by atoms with Crippen molar-refractivity contribution in [1.29, 1.82) is 0 Å². The molecule has 3 nitrogen and oxygen atoms in total. The SMILES string of the molecule is CC1(C)CCC(C)(C)c2cc([Se]C#Cc3ccc(C(=O)O)nc3)ccc21. The Morgan fingerprint density at radius 3 is 2.38 bits per heavy atom. The molecule has 1 aliphatic rings. The summed E-state index contributed by atoms with van der Waals surface area (Å²) >= 11 is 0.0537. The van der Waals surface area contributed by atoms with E-state index < -0.39 is 5.97 Å². The zero-order valence-corrected chi connectivity index (χ0v) is 17.3. The molecule has 26 heavy (non-hydrogen) atoms. The summed E-state index contributed by atoms with van der Waals surface area (Å²) in [5.41, 5.74) is 4.16. The predicted molar refractivity (Wildman–Crippen MR) is 105 cm³/mol. The minimum atomic E-state index is -1.02. The third-order valence-electron chi connectivity index (χ3n) is 5.17. The van der Waals surface area contributed by atoms with Crippen LogP contribution in [-0.2, 0) is 10.8 Å². The number of pyridine rings is 1. The van der Waals surface area contributed by atoms with E-state index in [4.69, 9.17) is 5.11 Å². The maximum absolute atomic E-state index is 10.8. The van der Waals surface area contributed by atoms with Crippen molar-refractivity contribution in [1.82, 2.24) is 4.98 Å². The summed E-state index contributed by atoms with van der Waals surface area (Å²) in [7, 11) is 0. The zero-order chi connectivity index (χ0) is 18.9. The van der Waals surface area contributed by atoms with Crippen molar-refractivity contribution in [3.05, 3.63) is 58.9 Å². The Kier molecular flexibility index (Phi) is 4.97. The van der Waals surface area contributed by atoms with Gasteiger partial charge < -0.3 is 0 Å². The second kappa shape index (κ2) is 6.91. The second-order valence-corrected chi connectivity index (χ2v) is 9.89. The molecule has 3 rings (SSSR count). The Morgan fingerprint density at radius 1 is 1.08 bits per heavy atom. The number of carboxylic acids is 1. The van der Waals surface area contributed by atoms with E-state index >= 15 is 0 Å². The van der Waals surface area contributed by atoms with Crippen molar-refractivity contribution < 1.29 is 9.90 Å². The van der Waals surface area contributed by atoms with Gasteiger partial charge in [-0.2, -0.15) is 0 Å². The van der Waals surface area contributed by atoms with E-state index in [0.717, 1.165) is 5.56 Å². The average Bonchev–Trinajstić information content (AvgIpc) is 2.59. The third kappa shape index (κ3) is 3.85. The number of carboxylic acid groups (broad SMARTS) is 1. The summed E-state index contributed by atoms with van der Waals surface area (Å²) in [6, 6.07) is 10.0. The fourth-order valence-electron chi connectivity index (χ4n) is 3.37.